The summed E-state index contributed by atoms with van der Waals surface area (Å²) in [6.45, 7) is 8.97. The van der Waals surface area contributed by atoms with Gasteiger partial charge in [-0.05, 0) is 71.2 Å². The van der Waals surface area contributed by atoms with Gasteiger partial charge < -0.3 is 40.8 Å². The average Bonchev–Trinajstić information content (AvgIpc) is 4.00. The highest BCUT2D eigenvalue weighted by Crippen LogP contribution is 2.32. The molecule has 296 valence electrons. The Morgan fingerprint density at radius 2 is 1.70 bits per heavy atom. The van der Waals surface area contributed by atoms with Crippen LogP contribution in [0.15, 0.2) is 60.1 Å². The molecule has 1 aliphatic rings. The molecule has 16 nitrogen and oxygen atoms in total. The summed E-state index contributed by atoms with van der Waals surface area (Å²) >= 11 is 0. The smallest absolute Gasteiger partial charge is 0.427 e. The minimum atomic E-state index is -1.17. The molecule has 16 heteroatoms. The van der Waals surface area contributed by atoms with Crippen molar-refractivity contribution in [2.45, 2.75) is 65.9 Å². The molecule has 2 aromatic carbocycles. The highest BCUT2D eigenvalue weighted by Gasteiger charge is 2.27. The van der Waals surface area contributed by atoms with E-state index >= 15 is 0 Å². The van der Waals surface area contributed by atoms with Gasteiger partial charge in [-0.2, -0.15) is 4.99 Å². The number of aromatic nitrogens is 1. The first-order chi connectivity index (χ1) is 26.6. The van der Waals surface area contributed by atoms with Crippen LogP contribution in [0.2, 0.25) is 0 Å². The molecular weight excluding hydrogens is 726 g/mol. The lowest BCUT2D eigenvalue weighted by molar-refractivity contribution is -0.161. The van der Waals surface area contributed by atoms with Crippen molar-refractivity contribution < 1.29 is 52.8 Å². The third-order valence-corrected chi connectivity index (χ3v) is 8.64. The molecule has 1 aromatic heterocycles. The van der Waals surface area contributed by atoms with Crippen LogP contribution in [0.3, 0.4) is 0 Å². The lowest BCUT2D eigenvalue weighted by atomic mass is 9.89. The monoisotopic (exact) mass is 771 g/mol. The number of hydrogen-bond donors (Lipinski definition) is 4. The number of aliphatic hydroxyl groups is 1. The molecule has 1 saturated carbocycles. The maximum absolute atomic E-state index is 14.1. The molecule has 0 radical (unpaired) electrons. The van der Waals surface area contributed by atoms with Crippen molar-refractivity contribution in [1.82, 2.24) is 10.3 Å². The van der Waals surface area contributed by atoms with Crippen LogP contribution in [-0.2, 0) is 41.6 Å². The maximum atomic E-state index is 14.1. The summed E-state index contributed by atoms with van der Waals surface area (Å²) in [4.78, 5) is 84.2. The fraction of sp³-hybridized carbons (Fsp3) is 0.350. The molecule has 2 atom stereocenters. The van der Waals surface area contributed by atoms with Gasteiger partial charge in [-0.25, -0.2) is 14.6 Å². The highest BCUT2D eigenvalue weighted by molar-refractivity contribution is 6.07. The number of nitrogens with one attached hydrogen (secondary N) is 1. The first kappa shape index (κ1) is 42.5. The van der Waals surface area contributed by atoms with E-state index in [4.69, 9.17) is 30.4 Å². The van der Waals surface area contributed by atoms with Crippen LogP contribution in [0, 0.1) is 11.8 Å². The van der Waals surface area contributed by atoms with Crippen molar-refractivity contribution in [2.24, 2.45) is 28.3 Å². The number of ketones is 1. The quantitative estimate of drug-likeness (QED) is 0.0501. The first-order valence-electron chi connectivity index (χ1n) is 17.7. The number of Topliss-reactive ketones (excluding diaryl/α,β-unsaturated/α-hetero) is 1. The lowest BCUT2D eigenvalue weighted by Crippen LogP contribution is -2.37. The lowest BCUT2D eigenvalue weighted by Gasteiger charge is -2.17. The van der Waals surface area contributed by atoms with Crippen molar-refractivity contribution in [3.63, 3.8) is 0 Å². The zero-order chi connectivity index (χ0) is 41.1. The van der Waals surface area contributed by atoms with E-state index in [1.165, 1.54) is 37.3 Å². The molecule has 1 unspecified atom stereocenters. The predicted molar refractivity (Wildman–Crippen MR) is 203 cm³/mol. The zero-order valence-corrected chi connectivity index (χ0v) is 31.5. The number of benzene rings is 2. The van der Waals surface area contributed by atoms with Gasteiger partial charge >= 0.3 is 24.0 Å². The normalized spacial score (nSPS) is 13.6. The summed E-state index contributed by atoms with van der Waals surface area (Å²) in [7, 11) is 0. The van der Waals surface area contributed by atoms with Crippen LogP contribution >= 0.6 is 0 Å². The molecule has 0 spiro atoms. The summed E-state index contributed by atoms with van der Waals surface area (Å²) in [5.74, 6) is -3.47. The summed E-state index contributed by atoms with van der Waals surface area (Å²) < 4.78 is 19.9. The predicted octanol–water partition coefficient (Wildman–Crippen LogP) is 3.84. The van der Waals surface area contributed by atoms with E-state index in [0.29, 0.717) is 34.7 Å². The van der Waals surface area contributed by atoms with E-state index in [1.807, 2.05) is 0 Å². The Balaban J connectivity index is 1.67. The molecule has 0 bridgehead atoms. The number of nitrogens with two attached hydrogens (primary N) is 2. The fourth-order valence-electron chi connectivity index (χ4n) is 5.29. The van der Waals surface area contributed by atoms with Gasteiger partial charge in [-0.1, -0.05) is 50.8 Å². The van der Waals surface area contributed by atoms with Gasteiger partial charge in [0.15, 0.2) is 11.5 Å². The van der Waals surface area contributed by atoms with Gasteiger partial charge in [-0.3, -0.25) is 19.2 Å². The number of esters is 3. The second-order valence-corrected chi connectivity index (χ2v) is 13.3. The van der Waals surface area contributed by atoms with Gasteiger partial charge in [0, 0.05) is 43.5 Å². The Bertz CT molecular complexity index is 2020. The molecule has 56 heavy (non-hydrogen) atoms. The van der Waals surface area contributed by atoms with Gasteiger partial charge in [0.05, 0.1) is 6.61 Å². The fourth-order valence-corrected chi connectivity index (χ4v) is 5.29. The van der Waals surface area contributed by atoms with E-state index in [9.17, 15) is 33.9 Å². The first-order valence-corrected chi connectivity index (χ1v) is 17.7. The summed E-state index contributed by atoms with van der Waals surface area (Å²) in [5, 5.41) is 13.0. The van der Waals surface area contributed by atoms with Crippen molar-refractivity contribution in [1.29, 1.82) is 0 Å². The van der Waals surface area contributed by atoms with Crippen LogP contribution in [-0.4, -0.2) is 77.3 Å². The Labute approximate surface area is 323 Å². The number of pyridine rings is 1. The Hall–Kier alpha value is -6.26. The van der Waals surface area contributed by atoms with Crippen molar-refractivity contribution in [3.8, 4) is 11.1 Å². The van der Waals surface area contributed by atoms with E-state index in [0.717, 1.165) is 19.8 Å². The number of ether oxygens (including phenoxy) is 4. The Morgan fingerprint density at radius 1 is 1.00 bits per heavy atom. The number of carbonyl (C=O) groups excluding carboxylic acids is 6. The van der Waals surface area contributed by atoms with Crippen molar-refractivity contribution >= 4 is 47.6 Å². The molecule has 0 saturated heterocycles. The zero-order valence-electron chi connectivity index (χ0n) is 31.5. The summed E-state index contributed by atoms with van der Waals surface area (Å²) in [5.41, 5.74) is 13.5. The third-order valence-electron chi connectivity index (χ3n) is 8.64. The summed E-state index contributed by atoms with van der Waals surface area (Å²) in [6.07, 6.45) is 1.06. The van der Waals surface area contributed by atoms with Crippen LogP contribution in [0.1, 0.15) is 94.1 Å². The van der Waals surface area contributed by atoms with Crippen LogP contribution in [0.5, 0.6) is 0 Å². The standard InChI is InChI=1S/C40H45N5O11/c1-6-26-16-31(33(48)15-24-9-11-27(12-10-24)36(42)45-40(52)56-23(5)55-22(4)47)30(17-28(26)19-46)29-13-14-32(37(49)43-18-25-7-8-25)44-35(29)39(51)54-20-53-38(50)34(41)21(2)3/h6,9-14,16-17,21,23,25,34,46H,1,7-8,15,18-20,41H2,2-5H3,(H,43,49)(H2,42,45,52)/t23?,34-/m0/s1. The van der Waals surface area contributed by atoms with Crippen LogP contribution in [0.4, 0.5) is 4.79 Å². The molecule has 2 amide bonds. The number of aliphatic imine (C=N–C) groups is 1. The number of nitrogens with zero attached hydrogens (tertiary/aromatic N) is 2. The average molecular weight is 772 g/mol. The number of aliphatic hydroxyl groups excluding tert-OH is 1. The molecule has 1 aliphatic carbocycles. The number of hydrogen-bond acceptors (Lipinski definition) is 13. The number of rotatable bonds is 17. The molecule has 0 aliphatic heterocycles. The van der Waals surface area contributed by atoms with Crippen molar-refractivity contribution in [2.75, 3.05) is 13.3 Å². The van der Waals surface area contributed by atoms with Crippen LogP contribution < -0.4 is 16.8 Å². The molecule has 4 rings (SSSR count). The van der Waals surface area contributed by atoms with Crippen molar-refractivity contribution in [3.05, 3.63) is 94.3 Å². The molecule has 3 aromatic rings. The second-order valence-electron chi connectivity index (χ2n) is 13.3. The summed E-state index contributed by atoms with van der Waals surface area (Å²) in [6, 6.07) is 11.2. The Morgan fingerprint density at radius 3 is 2.30 bits per heavy atom. The van der Waals surface area contributed by atoms with Crippen LogP contribution in [0.25, 0.3) is 17.2 Å². The topological polar surface area (TPSA) is 249 Å². The van der Waals surface area contributed by atoms with Gasteiger partial charge in [0.25, 0.3) is 5.91 Å². The van der Waals surface area contributed by atoms with Gasteiger partial charge in [0.2, 0.25) is 13.1 Å². The van der Waals surface area contributed by atoms with E-state index in [-0.39, 0.29) is 46.3 Å². The molecule has 1 heterocycles. The molecule has 1 fully saturated rings. The van der Waals surface area contributed by atoms with E-state index in [2.05, 4.69) is 21.9 Å². The van der Waals surface area contributed by atoms with Gasteiger partial charge in [-0.15, -0.1) is 0 Å². The largest absolute Gasteiger partial charge is 0.438 e. The SMILES string of the molecule is C=Cc1cc(C(=O)Cc2ccc(C(N)=NC(=O)OC(C)OC(C)=O)cc2)c(-c2ccc(C(=O)NCC3CC3)nc2C(=O)OCOC(=O)[C@@H](N)C(C)C)cc1CO. The minimum absolute atomic E-state index is 0.0896. The van der Waals surface area contributed by atoms with E-state index < -0.39 is 61.4 Å². The second kappa shape index (κ2) is 19.4. The van der Waals surface area contributed by atoms with E-state index in [1.54, 1.807) is 38.1 Å². The number of carbonyl (C=O) groups is 6. The Kier molecular flexibility index (Phi) is 14.7. The van der Waals surface area contributed by atoms with Gasteiger partial charge in [0.1, 0.15) is 17.6 Å². The third kappa shape index (κ3) is 11.6. The maximum Gasteiger partial charge on any atom is 0.438 e. The highest BCUT2D eigenvalue weighted by atomic mass is 16.7. The minimum Gasteiger partial charge on any atom is -0.427 e. The number of amidine groups is 1. The molecule has 6 N–H and O–H groups in total. The molecular formula is C40H45N5O11. The number of amides is 2.